The summed E-state index contributed by atoms with van der Waals surface area (Å²) in [7, 11) is 1.73. The van der Waals surface area contributed by atoms with Crippen molar-refractivity contribution in [2.24, 2.45) is 7.05 Å². The largest absolute Gasteiger partial charge is 0.359 e. The Bertz CT molecular complexity index is 2380. The number of rotatable bonds is 2. The molecule has 238 valence electrons. The lowest BCUT2D eigenvalue weighted by molar-refractivity contribution is -0.121. The number of carbonyl (C=O) groups excluding carboxylic acids is 1. The number of benzene rings is 3. The van der Waals surface area contributed by atoms with Crippen molar-refractivity contribution in [1.29, 1.82) is 0 Å². The smallest absolute Gasteiger partial charge is 0.356 e. The van der Waals surface area contributed by atoms with Gasteiger partial charge in [0.25, 0.3) is 0 Å². The molecule has 0 aliphatic carbocycles. The molecule has 47 heavy (non-hydrogen) atoms. The molecule has 2 bridgehead atoms. The molecule has 3 aromatic carbocycles. The number of carbonyl (C=O) groups is 1. The molecule has 0 radical (unpaired) electrons. The number of hydrogen-bond donors (Lipinski definition) is 2. The zero-order valence-corrected chi connectivity index (χ0v) is 25.4. The zero-order valence-electron chi connectivity index (χ0n) is 24.7. The minimum Gasteiger partial charge on any atom is -0.356 e. The van der Waals surface area contributed by atoms with E-state index < -0.39 is 35.4 Å². The quantitative estimate of drug-likeness (QED) is 0.265. The van der Waals surface area contributed by atoms with Gasteiger partial charge < -0.3 is 10.6 Å². The topological polar surface area (TPSA) is 129 Å². The van der Waals surface area contributed by atoms with Crippen LogP contribution in [0.4, 0.5) is 24.8 Å². The third-order valence-corrected chi connectivity index (χ3v) is 8.42. The molecule has 0 spiro atoms. The van der Waals surface area contributed by atoms with Gasteiger partial charge in [-0.05, 0) is 36.1 Å². The number of aryl methyl sites for hydroxylation is 2. The number of hydrogen-bond acceptors (Lipinski definition) is 7. The summed E-state index contributed by atoms with van der Waals surface area (Å²) >= 11 is 6.73. The number of halogens is 4. The highest BCUT2D eigenvalue weighted by Crippen LogP contribution is 2.35. The molecule has 0 fully saturated rings. The molecular weight excluding hydrogens is 637 g/mol. The van der Waals surface area contributed by atoms with Crippen LogP contribution in [0.5, 0.6) is 0 Å². The Labute approximate surface area is 268 Å². The highest BCUT2D eigenvalue weighted by atomic mass is 35.5. The van der Waals surface area contributed by atoms with Gasteiger partial charge in [0.15, 0.2) is 11.6 Å². The summed E-state index contributed by atoms with van der Waals surface area (Å²) in [5.41, 5.74) is -0.177. The average molecular weight is 661 g/mol. The van der Waals surface area contributed by atoms with Gasteiger partial charge in [0.1, 0.15) is 5.82 Å². The van der Waals surface area contributed by atoms with Crippen LogP contribution in [0.1, 0.15) is 23.1 Å². The lowest BCUT2D eigenvalue weighted by Gasteiger charge is -2.20. The highest BCUT2D eigenvalue weighted by Gasteiger charge is 2.23. The molecular formula is C32H24ClF3N8O3. The second-order valence-electron chi connectivity index (χ2n) is 11.1. The second kappa shape index (κ2) is 11.7. The first-order valence-corrected chi connectivity index (χ1v) is 14.9. The van der Waals surface area contributed by atoms with Crippen molar-refractivity contribution in [3.8, 4) is 5.69 Å². The van der Waals surface area contributed by atoms with Crippen molar-refractivity contribution in [3.63, 3.8) is 0 Å². The molecule has 0 saturated heterocycles. The molecule has 11 nitrogen and oxygen atoms in total. The van der Waals surface area contributed by atoms with E-state index in [9.17, 15) is 27.6 Å². The first-order valence-electron chi connectivity index (χ1n) is 14.5. The third-order valence-electron chi connectivity index (χ3n) is 8.12. The van der Waals surface area contributed by atoms with Crippen LogP contribution >= 0.6 is 11.6 Å². The van der Waals surface area contributed by atoms with E-state index in [4.69, 9.17) is 11.6 Å². The van der Waals surface area contributed by atoms with Gasteiger partial charge in [0.05, 0.1) is 34.7 Å². The molecule has 0 unspecified atom stereocenters. The van der Waals surface area contributed by atoms with Gasteiger partial charge >= 0.3 is 11.4 Å². The van der Waals surface area contributed by atoms with Crippen LogP contribution in [0.3, 0.4) is 0 Å². The van der Waals surface area contributed by atoms with Crippen LogP contribution in [0.15, 0.2) is 64.6 Å². The Morgan fingerprint density at radius 2 is 1.79 bits per heavy atom. The molecule has 2 aliphatic rings. The summed E-state index contributed by atoms with van der Waals surface area (Å²) in [5, 5.41) is 12.3. The maximum atomic E-state index is 15.0. The first-order chi connectivity index (χ1) is 22.6. The summed E-state index contributed by atoms with van der Waals surface area (Å²) in [5.74, 6) is -4.37. The number of nitrogens with one attached hydrogen (secondary N) is 2. The summed E-state index contributed by atoms with van der Waals surface area (Å²) < 4.78 is 46.5. The van der Waals surface area contributed by atoms with Crippen molar-refractivity contribution in [3.05, 3.63) is 115 Å². The average Bonchev–Trinajstić information content (AvgIpc) is 3.40. The monoisotopic (exact) mass is 660 g/mol. The Balaban J connectivity index is 1.53. The first kappa shape index (κ1) is 30.2. The Hall–Kier alpha value is -5.50. The number of amides is 1. The van der Waals surface area contributed by atoms with Gasteiger partial charge in [-0.3, -0.25) is 19.0 Å². The van der Waals surface area contributed by atoms with Crippen molar-refractivity contribution >= 4 is 50.8 Å². The van der Waals surface area contributed by atoms with Crippen LogP contribution in [0, 0.1) is 17.5 Å². The molecule has 5 heterocycles. The van der Waals surface area contributed by atoms with Gasteiger partial charge in [-0.2, -0.15) is 10.1 Å². The lowest BCUT2D eigenvalue weighted by Crippen LogP contribution is -2.42. The van der Waals surface area contributed by atoms with E-state index in [0.717, 1.165) is 9.13 Å². The number of aromatic nitrogens is 6. The number of nitrogens with zero attached hydrogens (tertiary/aromatic N) is 6. The molecule has 15 heteroatoms. The summed E-state index contributed by atoms with van der Waals surface area (Å²) in [4.78, 5) is 49.5. The van der Waals surface area contributed by atoms with Crippen molar-refractivity contribution < 1.29 is 18.0 Å². The molecule has 1 amide bonds. The van der Waals surface area contributed by atoms with E-state index in [1.54, 1.807) is 48.4 Å². The van der Waals surface area contributed by atoms with E-state index >= 15 is 0 Å². The summed E-state index contributed by atoms with van der Waals surface area (Å²) in [6.07, 6.45) is 5.27. The maximum Gasteiger partial charge on any atom is 0.359 e. The number of pyridine rings is 1. The van der Waals surface area contributed by atoms with Crippen LogP contribution < -0.4 is 22.0 Å². The van der Waals surface area contributed by atoms with Crippen LogP contribution in [0.25, 0.3) is 27.4 Å². The van der Waals surface area contributed by atoms with Crippen molar-refractivity contribution in [2.75, 3.05) is 11.9 Å². The molecule has 8 rings (SSSR count). The Morgan fingerprint density at radius 1 is 0.979 bits per heavy atom. The predicted molar refractivity (Wildman–Crippen MR) is 169 cm³/mol. The van der Waals surface area contributed by atoms with Crippen molar-refractivity contribution in [2.45, 2.75) is 25.8 Å². The van der Waals surface area contributed by atoms with Crippen LogP contribution in [0.2, 0.25) is 5.02 Å². The Morgan fingerprint density at radius 3 is 2.62 bits per heavy atom. The van der Waals surface area contributed by atoms with E-state index in [-0.39, 0.29) is 59.6 Å². The molecule has 2 N–H and O–H groups in total. The van der Waals surface area contributed by atoms with Gasteiger partial charge in [0.2, 0.25) is 11.9 Å². The fourth-order valence-corrected chi connectivity index (χ4v) is 6.21. The van der Waals surface area contributed by atoms with E-state index in [2.05, 4.69) is 25.7 Å². The van der Waals surface area contributed by atoms with Crippen molar-refractivity contribution in [1.82, 2.24) is 34.2 Å². The second-order valence-corrected chi connectivity index (χ2v) is 11.5. The van der Waals surface area contributed by atoms with Gasteiger partial charge in [-0.15, -0.1) is 0 Å². The summed E-state index contributed by atoms with van der Waals surface area (Å²) in [6.45, 7) is -0.425. The lowest BCUT2D eigenvalue weighted by atomic mass is 10.0. The van der Waals surface area contributed by atoms with Gasteiger partial charge in [-0.25, -0.2) is 27.3 Å². The Kier molecular flexibility index (Phi) is 7.51. The number of fused-ring (bicyclic) bond motifs is 8. The van der Waals surface area contributed by atoms with Gasteiger partial charge in [-0.1, -0.05) is 29.8 Å². The molecule has 0 saturated carbocycles. The fourth-order valence-electron chi connectivity index (χ4n) is 5.95. The normalized spacial score (nSPS) is 13.5. The van der Waals surface area contributed by atoms with Crippen LogP contribution in [-0.2, 0) is 31.2 Å². The predicted octanol–water partition coefficient (Wildman–Crippen LogP) is 4.30. The van der Waals surface area contributed by atoms with Crippen LogP contribution in [-0.4, -0.2) is 41.3 Å². The van der Waals surface area contributed by atoms with E-state index in [1.165, 1.54) is 6.20 Å². The highest BCUT2D eigenvalue weighted by molar-refractivity contribution is 6.34. The zero-order chi connectivity index (χ0) is 33.0. The molecule has 0 atom stereocenters. The summed E-state index contributed by atoms with van der Waals surface area (Å²) in [6, 6.07) is 7.91. The standard InChI is InChI=1S/C32H24ClF3N8O3/c1-42-15-20-19-7-8-38-27(45)6-5-16-3-2-4-17-12-37-13-26(28(16)17)44-31(46)40-30(39-29(19)21(33)10-25(20)41-42)43(32(44)47)14-18-9-23(35)24(36)11-22(18)34/h2-4,9-13,15H,5-8,14H2,1H3,(H,38,45)(H,39,40,46). The maximum absolute atomic E-state index is 15.0. The number of anilines is 2. The molecule has 2 aliphatic heterocycles. The fraction of sp³-hybridized carbons (Fsp3) is 0.188. The van der Waals surface area contributed by atoms with E-state index in [1.807, 2.05) is 0 Å². The SMILES string of the molecule is Cn1cc2c3c(c(Cl)cc2n1)Nc1nc(=O)n(c(=O)n1Cc1cc(F)c(F)cc1F)-c1cncc2cccc(c12)CCC(=O)NCC3. The van der Waals surface area contributed by atoms with Gasteiger partial charge in [0, 0.05) is 60.2 Å². The van der Waals surface area contributed by atoms with E-state index in [0.29, 0.717) is 44.9 Å². The minimum absolute atomic E-state index is 0.0784. The third kappa shape index (κ3) is 5.39. The molecule has 6 aromatic rings. The molecule has 3 aromatic heterocycles. The minimum atomic E-state index is -1.40.